The summed E-state index contributed by atoms with van der Waals surface area (Å²) in [5.74, 6) is -0.0331. The minimum atomic E-state index is -0.899. The molecule has 9 heteroatoms. The van der Waals surface area contributed by atoms with Gasteiger partial charge in [0, 0.05) is 0 Å². The number of esters is 1. The Kier molecular flexibility index (Phi) is 5.03. The number of aromatic amines is 2. The zero-order valence-corrected chi connectivity index (χ0v) is 11.9. The van der Waals surface area contributed by atoms with E-state index in [0.29, 0.717) is 5.94 Å². The summed E-state index contributed by atoms with van der Waals surface area (Å²) in [4.78, 5) is 35.4. The maximum Gasteiger partial charge on any atom is 0.342 e. The van der Waals surface area contributed by atoms with E-state index in [1.54, 1.807) is 0 Å². The Morgan fingerprint density at radius 2 is 2.06 bits per heavy atom. The van der Waals surface area contributed by atoms with E-state index in [2.05, 4.69) is 10.2 Å². The Morgan fingerprint density at radius 3 is 2.61 bits per heavy atom. The fourth-order valence-corrected chi connectivity index (χ4v) is 1.96. The number of nitrogens with zero attached hydrogens (tertiary/aromatic N) is 1. The molecule has 1 aromatic rings. The molecule has 1 aromatic heterocycles. The molecular formula is C9H15N3O4S2. The van der Waals surface area contributed by atoms with E-state index in [9.17, 15) is 14.4 Å². The third-order valence-corrected chi connectivity index (χ3v) is 3.34. The molecule has 0 aliphatic carbocycles. The van der Waals surface area contributed by atoms with Crippen molar-refractivity contribution in [3.05, 3.63) is 20.8 Å². The lowest BCUT2D eigenvalue weighted by Gasteiger charge is -2.23. The van der Waals surface area contributed by atoms with Gasteiger partial charge in [0.25, 0.3) is 5.56 Å². The quantitative estimate of drug-likeness (QED) is 0.573. The molecule has 0 aliphatic rings. The van der Waals surface area contributed by atoms with Crippen molar-refractivity contribution >= 4 is 27.8 Å². The molecule has 1 heterocycles. The first-order chi connectivity index (χ1) is 8.28. The molecule has 0 unspecified atom stereocenters. The Bertz CT molecular complexity index is 532. The zero-order valence-electron chi connectivity index (χ0n) is 10.3. The number of aromatic nitrogens is 3. The predicted octanol–water partition coefficient (Wildman–Crippen LogP) is -0.255. The van der Waals surface area contributed by atoms with Gasteiger partial charge in [-0.1, -0.05) is 11.8 Å². The Morgan fingerprint density at radius 1 is 1.39 bits per heavy atom. The summed E-state index contributed by atoms with van der Waals surface area (Å²) >= 11 is 0.924. The maximum atomic E-state index is 11.4. The lowest BCUT2D eigenvalue weighted by atomic mass is 10.8. The van der Waals surface area contributed by atoms with Crippen molar-refractivity contribution < 1.29 is 9.53 Å². The van der Waals surface area contributed by atoms with Gasteiger partial charge in [0.15, 0.2) is 5.03 Å². The van der Waals surface area contributed by atoms with Gasteiger partial charge in [0.2, 0.25) is 0 Å². The summed E-state index contributed by atoms with van der Waals surface area (Å²) in [5.41, 5.74) is -1.29. The smallest absolute Gasteiger partial charge is 0.342 e. The van der Waals surface area contributed by atoms with Gasteiger partial charge >= 0.3 is 11.7 Å². The van der Waals surface area contributed by atoms with E-state index in [-0.39, 0.29) is 10.8 Å². The number of hydrogen-bond acceptors (Lipinski definition) is 6. The summed E-state index contributed by atoms with van der Waals surface area (Å²) in [5, 5.41) is 5.67. The first-order valence-corrected chi connectivity index (χ1v) is 8.92. The molecule has 2 N–H and O–H groups in total. The van der Waals surface area contributed by atoms with Gasteiger partial charge in [-0.25, -0.2) is 19.9 Å². The molecule has 0 saturated carbocycles. The second-order valence-corrected chi connectivity index (χ2v) is 9.71. The highest BCUT2D eigenvalue weighted by atomic mass is 32.3. The van der Waals surface area contributed by atoms with E-state index in [1.807, 2.05) is 23.8 Å². The van der Waals surface area contributed by atoms with Gasteiger partial charge < -0.3 is 4.74 Å². The number of H-pyrrole nitrogens is 2. The highest BCUT2D eigenvalue weighted by Crippen LogP contribution is 2.34. The van der Waals surface area contributed by atoms with Crippen LogP contribution in [0.1, 0.15) is 0 Å². The van der Waals surface area contributed by atoms with Crippen LogP contribution in [0.5, 0.6) is 0 Å². The second-order valence-electron chi connectivity index (χ2n) is 4.33. The van der Waals surface area contributed by atoms with E-state index in [4.69, 9.17) is 4.74 Å². The predicted molar refractivity (Wildman–Crippen MR) is 72.5 cm³/mol. The largest absolute Gasteiger partial charge is 0.456 e. The van der Waals surface area contributed by atoms with E-state index < -0.39 is 27.2 Å². The van der Waals surface area contributed by atoms with Crippen LogP contribution >= 0.6 is 21.8 Å². The average molecular weight is 293 g/mol. The molecule has 0 fully saturated rings. The highest BCUT2D eigenvalue weighted by Gasteiger charge is 2.11. The number of rotatable bonds is 5. The summed E-state index contributed by atoms with van der Waals surface area (Å²) in [6.07, 6.45) is 6.09. The molecule has 0 saturated heterocycles. The van der Waals surface area contributed by atoms with Crippen LogP contribution < -0.4 is 11.2 Å². The first kappa shape index (κ1) is 14.8. The molecule has 0 aliphatic heterocycles. The third-order valence-electron chi connectivity index (χ3n) is 1.58. The Hall–Kier alpha value is -1.22. The van der Waals surface area contributed by atoms with Crippen LogP contribution in [-0.2, 0) is 9.53 Å². The van der Waals surface area contributed by atoms with Gasteiger partial charge in [-0.2, -0.15) is 5.10 Å². The molecule has 0 atom stereocenters. The average Bonchev–Trinajstić information content (AvgIpc) is 2.24. The number of nitrogens with one attached hydrogen (secondary N) is 2. The van der Waals surface area contributed by atoms with Crippen molar-refractivity contribution in [2.24, 2.45) is 0 Å². The summed E-state index contributed by atoms with van der Waals surface area (Å²) < 4.78 is 5.06. The number of carbonyl (C=O) groups is 1. The molecule has 102 valence electrons. The molecule has 1 rings (SSSR count). The summed E-state index contributed by atoms with van der Waals surface area (Å²) in [6, 6.07) is 0. The van der Waals surface area contributed by atoms with Gasteiger partial charge in [0.05, 0.1) is 5.75 Å². The van der Waals surface area contributed by atoms with Crippen LogP contribution in [0, 0.1) is 0 Å². The van der Waals surface area contributed by atoms with Crippen molar-refractivity contribution in [3.63, 3.8) is 0 Å². The van der Waals surface area contributed by atoms with Gasteiger partial charge in [-0.3, -0.25) is 14.6 Å². The number of thioether (sulfide) groups is 1. The van der Waals surface area contributed by atoms with E-state index in [0.717, 1.165) is 11.8 Å². The summed E-state index contributed by atoms with van der Waals surface area (Å²) in [7, 11) is -0.899. The van der Waals surface area contributed by atoms with Crippen LogP contribution in [-0.4, -0.2) is 51.6 Å². The van der Waals surface area contributed by atoms with Crippen molar-refractivity contribution in [2.75, 3.05) is 30.5 Å². The number of carbonyl (C=O) groups excluding carboxylic acids is 1. The summed E-state index contributed by atoms with van der Waals surface area (Å²) in [6.45, 7) is 0. The van der Waals surface area contributed by atoms with Crippen LogP contribution in [0.2, 0.25) is 0 Å². The lowest BCUT2D eigenvalue weighted by Crippen LogP contribution is -2.25. The second kappa shape index (κ2) is 6.10. The minimum Gasteiger partial charge on any atom is -0.456 e. The highest BCUT2D eigenvalue weighted by molar-refractivity contribution is 8.32. The zero-order chi connectivity index (χ0) is 13.8. The molecular weight excluding hydrogens is 278 g/mol. The topological polar surface area (TPSA) is 105 Å². The first-order valence-electron chi connectivity index (χ1n) is 4.91. The molecule has 0 amide bonds. The molecule has 7 nitrogen and oxygen atoms in total. The number of hydrogen-bond donors (Lipinski definition) is 2. The SMILES string of the molecule is CS(C)(C)COC(=O)CSc1n[nH]c(=O)[nH]c1=O. The monoisotopic (exact) mass is 293 g/mol. The standard InChI is InChI=1S/C9H15N3O4S2/c1-18(2,3)5-16-6(13)4-17-8-7(14)10-9(15)12-11-8/h4-5H2,1-3H3,(H2,10,12,14,15). The van der Waals surface area contributed by atoms with Gasteiger partial charge in [-0.05, 0) is 18.8 Å². The van der Waals surface area contributed by atoms with Crippen LogP contribution in [0.4, 0.5) is 0 Å². The van der Waals surface area contributed by atoms with Gasteiger partial charge in [0.1, 0.15) is 5.94 Å². The fraction of sp³-hybridized carbons (Fsp3) is 0.556. The molecule has 0 bridgehead atoms. The van der Waals surface area contributed by atoms with Crippen LogP contribution in [0.3, 0.4) is 0 Å². The van der Waals surface area contributed by atoms with Crippen LogP contribution in [0.15, 0.2) is 14.6 Å². The normalized spacial score (nSPS) is 12.2. The van der Waals surface area contributed by atoms with Crippen molar-refractivity contribution in [1.29, 1.82) is 0 Å². The van der Waals surface area contributed by atoms with Crippen LogP contribution in [0.25, 0.3) is 0 Å². The van der Waals surface area contributed by atoms with Crippen molar-refractivity contribution in [2.45, 2.75) is 5.03 Å². The number of ether oxygens (including phenoxy) is 1. The Balaban J connectivity index is 2.48. The van der Waals surface area contributed by atoms with Gasteiger partial charge in [-0.15, -0.1) is 0 Å². The van der Waals surface area contributed by atoms with E-state index in [1.165, 1.54) is 0 Å². The maximum absolute atomic E-state index is 11.4. The van der Waals surface area contributed by atoms with E-state index >= 15 is 0 Å². The lowest BCUT2D eigenvalue weighted by molar-refractivity contribution is -0.138. The third kappa shape index (κ3) is 5.41. The molecule has 18 heavy (non-hydrogen) atoms. The fourth-order valence-electron chi connectivity index (χ4n) is 0.846. The van der Waals surface area contributed by atoms with Crippen molar-refractivity contribution in [3.8, 4) is 0 Å². The van der Waals surface area contributed by atoms with Crippen molar-refractivity contribution in [1.82, 2.24) is 15.2 Å². The molecule has 0 spiro atoms. The minimum absolute atomic E-state index is 0.0162. The Labute approximate surface area is 109 Å². The molecule has 0 radical (unpaired) electrons. The molecule has 0 aromatic carbocycles.